The van der Waals surface area contributed by atoms with E-state index in [0.29, 0.717) is 34.8 Å². The van der Waals surface area contributed by atoms with Crippen molar-refractivity contribution in [3.63, 3.8) is 0 Å². The Labute approximate surface area is 256 Å². The third-order valence-electron chi connectivity index (χ3n) is 7.32. The Morgan fingerprint density at radius 2 is 1.53 bits per heavy atom. The molecule has 1 fully saturated rings. The second-order valence-corrected chi connectivity index (χ2v) is 11.2. The number of aliphatic imine (C=N–C) groups is 1. The molecular formula is C37H32N2O3S. The fourth-order valence-corrected chi connectivity index (χ4v) is 6.19. The first kappa shape index (κ1) is 28.3. The summed E-state index contributed by atoms with van der Waals surface area (Å²) >= 11 is 1.39. The second-order valence-electron chi connectivity index (χ2n) is 10.2. The number of hydrogen-bond acceptors (Lipinski definition) is 5. The maximum absolute atomic E-state index is 13.9. The molecule has 1 heterocycles. The van der Waals surface area contributed by atoms with E-state index in [2.05, 4.69) is 24.3 Å². The molecule has 1 aliphatic heterocycles. The van der Waals surface area contributed by atoms with Crippen LogP contribution in [0.1, 0.15) is 36.6 Å². The number of nitrogens with zero attached hydrogens (tertiary/aromatic N) is 2. The monoisotopic (exact) mass is 584 g/mol. The smallest absolute Gasteiger partial charge is 0.267 e. The van der Waals surface area contributed by atoms with Crippen molar-refractivity contribution in [2.24, 2.45) is 4.99 Å². The van der Waals surface area contributed by atoms with Gasteiger partial charge in [0.25, 0.3) is 5.91 Å². The molecule has 0 saturated carbocycles. The molecule has 1 atom stereocenters. The zero-order valence-electron chi connectivity index (χ0n) is 24.1. The summed E-state index contributed by atoms with van der Waals surface area (Å²) in [7, 11) is 0. The molecule has 5 nitrogen and oxygen atoms in total. The Morgan fingerprint density at radius 1 is 0.814 bits per heavy atom. The lowest BCUT2D eigenvalue weighted by Crippen LogP contribution is -2.32. The summed E-state index contributed by atoms with van der Waals surface area (Å²) in [5, 5.41) is 3.00. The van der Waals surface area contributed by atoms with Crippen LogP contribution in [0, 0.1) is 0 Å². The summed E-state index contributed by atoms with van der Waals surface area (Å²) < 4.78 is 12.2. The minimum Gasteiger partial charge on any atom is -0.490 e. The van der Waals surface area contributed by atoms with Crippen molar-refractivity contribution in [2.45, 2.75) is 26.5 Å². The van der Waals surface area contributed by atoms with Crippen LogP contribution in [0.5, 0.6) is 11.5 Å². The predicted octanol–water partition coefficient (Wildman–Crippen LogP) is 9.18. The van der Waals surface area contributed by atoms with Crippen LogP contribution in [0.25, 0.3) is 16.8 Å². The predicted molar refractivity (Wildman–Crippen MR) is 177 cm³/mol. The minimum absolute atomic E-state index is 0.0784. The summed E-state index contributed by atoms with van der Waals surface area (Å²) in [6.45, 7) is 4.90. The van der Waals surface area contributed by atoms with Gasteiger partial charge in [0.1, 0.15) is 6.61 Å². The Balaban J connectivity index is 1.29. The molecule has 1 saturated heterocycles. The first-order chi connectivity index (χ1) is 21.1. The first-order valence-corrected chi connectivity index (χ1v) is 15.2. The number of fused-ring (bicyclic) bond motifs is 1. The van der Waals surface area contributed by atoms with E-state index in [1.165, 1.54) is 22.5 Å². The van der Waals surface area contributed by atoms with Crippen LogP contribution in [0.2, 0.25) is 0 Å². The van der Waals surface area contributed by atoms with Crippen molar-refractivity contribution in [1.29, 1.82) is 0 Å². The Hall–Kier alpha value is -4.81. The van der Waals surface area contributed by atoms with Gasteiger partial charge in [-0.2, -0.15) is 0 Å². The quantitative estimate of drug-likeness (QED) is 0.162. The highest BCUT2D eigenvalue weighted by atomic mass is 32.2. The number of hydrogen-bond donors (Lipinski definition) is 0. The van der Waals surface area contributed by atoms with Crippen molar-refractivity contribution in [2.75, 3.05) is 6.61 Å². The molecule has 6 heteroatoms. The van der Waals surface area contributed by atoms with Gasteiger partial charge in [-0.1, -0.05) is 97.1 Å². The number of carbonyl (C=O) groups excluding carboxylic acids is 1. The fourth-order valence-electron chi connectivity index (χ4n) is 5.13. The lowest BCUT2D eigenvalue weighted by molar-refractivity contribution is -0.123. The number of para-hydroxylation sites is 1. The van der Waals surface area contributed by atoms with Crippen LogP contribution in [-0.2, 0) is 11.4 Å². The minimum atomic E-state index is -0.182. The highest BCUT2D eigenvalue weighted by Gasteiger charge is 2.37. The van der Waals surface area contributed by atoms with Crippen molar-refractivity contribution < 1.29 is 14.3 Å². The molecule has 0 aliphatic carbocycles. The van der Waals surface area contributed by atoms with Gasteiger partial charge in [0.2, 0.25) is 0 Å². The van der Waals surface area contributed by atoms with Crippen molar-refractivity contribution >= 4 is 45.4 Å². The topological polar surface area (TPSA) is 51.1 Å². The van der Waals surface area contributed by atoms with Gasteiger partial charge in [0, 0.05) is 0 Å². The maximum atomic E-state index is 13.9. The number of thioether (sulfide) groups is 1. The molecule has 0 bridgehead atoms. The van der Waals surface area contributed by atoms with Crippen molar-refractivity contribution in [3.05, 3.63) is 143 Å². The van der Waals surface area contributed by atoms with E-state index in [1.54, 1.807) is 4.90 Å². The van der Waals surface area contributed by atoms with Gasteiger partial charge in [-0.15, -0.1) is 0 Å². The Kier molecular flexibility index (Phi) is 8.57. The summed E-state index contributed by atoms with van der Waals surface area (Å²) in [4.78, 5) is 21.1. The van der Waals surface area contributed by atoms with E-state index in [0.717, 1.165) is 22.4 Å². The standard InChI is InChI=1S/C37H32N2O3S/c1-3-41-34-23-27(21-22-33(34)42-25-30-17-12-16-29-15-10-11-20-32(29)30)24-35-36(40)39(26(2)28-13-6-4-7-14-28)37(43-35)38-31-18-8-5-9-19-31/h4-24,26H,3,25H2,1-2H3/b35-24+,38-37?/t26-/m0/s1. The number of benzene rings is 5. The molecule has 43 heavy (non-hydrogen) atoms. The van der Waals surface area contributed by atoms with Crippen LogP contribution in [0.3, 0.4) is 0 Å². The summed E-state index contributed by atoms with van der Waals surface area (Å²) in [6.07, 6.45) is 1.90. The average Bonchev–Trinajstić information content (AvgIpc) is 3.34. The van der Waals surface area contributed by atoms with Gasteiger partial charge in [-0.25, -0.2) is 4.99 Å². The molecule has 0 spiro atoms. The van der Waals surface area contributed by atoms with Crippen LogP contribution in [0.15, 0.2) is 131 Å². The van der Waals surface area contributed by atoms with Gasteiger partial charge in [0.05, 0.1) is 23.2 Å². The van der Waals surface area contributed by atoms with E-state index >= 15 is 0 Å². The lowest BCUT2D eigenvalue weighted by Gasteiger charge is -2.24. The number of ether oxygens (including phenoxy) is 2. The van der Waals surface area contributed by atoms with E-state index in [4.69, 9.17) is 14.5 Å². The van der Waals surface area contributed by atoms with Crippen LogP contribution in [-0.4, -0.2) is 22.6 Å². The molecule has 1 amide bonds. The average molecular weight is 585 g/mol. The second kappa shape index (κ2) is 13.0. The van der Waals surface area contributed by atoms with Crippen LogP contribution in [0.4, 0.5) is 5.69 Å². The largest absolute Gasteiger partial charge is 0.490 e. The number of rotatable bonds is 9. The molecule has 0 radical (unpaired) electrons. The summed E-state index contributed by atoms with van der Waals surface area (Å²) in [5.41, 5.74) is 3.81. The van der Waals surface area contributed by atoms with Crippen LogP contribution >= 0.6 is 11.8 Å². The van der Waals surface area contributed by atoms with Gasteiger partial charge in [-0.3, -0.25) is 9.69 Å². The molecule has 0 unspecified atom stereocenters. The number of amides is 1. The molecule has 5 aromatic rings. The van der Waals surface area contributed by atoms with E-state index in [9.17, 15) is 4.79 Å². The zero-order valence-corrected chi connectivity index (χ0v) is 25.0. The van der Waals surface area contributed by atoms with Gasteiger partial charge >= 0.3 is 0 Å². The number of carbonyl (C=O) groups is 1. The number of amidine groups is 1. The highest BCUT2D eigenvalue weighted by molar-refractivity contribution is 8.18. The SMILES string of the molecule is CCOc1cc(/C=C2/SC(=Nc3ccccc3)N([C@@H](C)c3ccccc3)C2=O)ccc1OCc1cccc2ccccc12. The van der Waals surface area contributed by atoms with Crippen LogP contribution < -0.4 is 9.47 Å². The molecule has 0 aromatic heterocycles. The van der Waals surface area contributed by atoms with E-state index in [1.807, 2.05) is 117 Å². The van der Waals surface area contributed by atoms with E-state index < -0.39 is 0 Å². The van der Waals surface area contributed by atoms with Gasteiger partial charge in [-0.05, 0) is 83.4 Å². The maximum Gasteiger partial charge on any atom is 0.267 e. The lowest BCUT2D eigenvalue weighted by atomic mass is 10.1. The zero-order chi connectivity index (χ0) is 29.6. The summed E-state index contributed by atoms with van der Waals surface area (Å²) in [6, 6.07) is 39.9. The Morgan fingerprint density at radius 3 is 2.33 bits per heavy atom. The first-order valence-electron chi connectivity index (χ1n) is 14.4. The van der Waals surface area contributed by atoms with Crippen molar-refractivity contribution in [3.8, 4) is 11.5 Å². The molecule has 0 N–H and O–H groups in total. The van der Waals surface area contributed by atoms with Crippen molar-refractivity contribution in [1.82, 2.24) is 4.90 Å². The molecule has 1 aliphatic rings. The molecule has 5 aromatic carbocycles. The third-order valence-corrected chi connectivity index (χ3v) is 8.30. The molecular weight excluding hydrogens is 552 g/mol. The molecule has 6 rings (SSSR count). The fraction of sp³-hybridized carbons (Fsp3) is 0.135. The highest BCUT2D eigenvalue weighted by Crippen LogP contribution is 2.40. The summed E-state index contributed by atoms with van der Waals surface area (Å²) in [5.74, 6) is 1.22. The third kappa shape index (κ3) is 6.35. The van der Waals surface area contributed by atoms with Gasteiger partial charge in [0.15, 0.2) is 16.7 Å². The van der Waals surface area contributed by atoms with Gasteiger partial charge < -0.3 is 9.47 Å². The van der Waals surface area contributed by atoms with E-state index in [-0.39, 0.29) is 11.9 Å². The molecule has 214 valence electrons. The normalized spacial score (nSPS) is 15.8. The Bertz CT molecular complexity index is 1800.